The molecule has 2 heterocycles. The molecular weight excluding hydrogens is 280 g/mol. The molecule has 0 spiro atoms. The molecule has 1 aliphatic rings. The number of aromatic nitrogens is 1. The van der Waals surface area contributed by atoms with Crippen molar-refractivity contribution in [3.05, 3.63) is 28.6 Å². The number of aryl methyl sites for hydroxylation is 1. The van der Waals surface area contributed by atoms with Crippen molar-refractivity contribution in [1.29, 1.82) is 0 Å². The van der Waals surface area contributed by atoms with E-state index in [1.54, 1.807) is 11.1 Å². The van der Waals surface area contributed by atoms with E-state index in [0.29, 0.717) is 35.6 Å². The number of nitrogens with zero attached hydrogens (tertiary/aromatic N) is 2. The van der Waals surface area contributed by atoms with Crippen LogP contribution < -0.4 is 0 Å². The van der Waals surface area contributed by atoms with Gasteiger partial charge in [-0.3, -0.25) is 4.98 Å². The smallest absolute Gasteiger partial charge is 0.0410 e. The lowest BCUT2D eigenvalue weighted by molar-refractivity contribution is 0.154. The summed E-state index contributed by atoms with van der Waals surface area (Å²) in [7, 11) is 2.30. The van der Waals surface area contributed by atoms with E-state index < -0.39 is 0 Å². The molecule has 0 aromatic carbocycles. The summed E-state index contributed by atoms with van der Waals surface area (Å²) in [5.74, 6) is 2.95. The fraction of sp³-hybridized carbons (Fsp3) is 0.762. The van der Waals surface area contributed by atoms with Crippen LogP contribution in [-0.4, -0.2) is 29.5 Å². The fourth-order valence-corrected chi connectivity index (χ4v) is 4.30. The van der Waals surface area contributed by atoms with E-state index >= 15 is 0 Å². The highest BCUT2D eigenvalue weighted by atomic mass is 15.1. The topological polar surface area (TPSA) is 16.1 Å². The first-order chi connectivity index (χ1) is 10.7. The molecule has 1 aromatic heterocycles. The van der Waals surface area contributed by atoms with Crippen molar-refractivity contribution in [3.8, 4) is 0 Å². The monoisotopic (exact) mass is 316 g/mol. The molecule has 4 atom stereocenters. The Morgan fingerprint density at radius 3 is 2.22 bits per heavy atom. The van der Waals surface area contributed by atoms with Gasteiger partial charge in [-0.1, -0.05) is 41.5 Å². The van der Waals surface area contributed by atoms with Gasteiger partial charge in [0.2, 0.25) is 0 Å². The average Bonchev–Trinajstić information content (AvgIpc) is 2.48. The lowest BCUT2D eigenvalue weighted by Gasteiger charge is -2.42. The molecule has 1 aromatic rings. The molecule has 1 unspecified atom stereocenters. The van der Waals surface area contributed by atoms with Crippen molar-refractivity contribution < 1.29 is 0 Å². The molecule has 0 aliphatic carbocycles. The van der Waals surface area contributed by atoms with Crippen LogP contribution in [0.5, 0.6) is 0 Å². The number of likely N-dealkylation sites (N-methyl/N-ethyl adjacent to an activating group) is 1. The van der Waals surface area contributed by atoms with Crippen LogP contribution in [-0.2, 0) is 0 Å². The second-order valence-corrected chi connectivity index (χ2v) is 8.46. The Bertz CT molecular complexity index is 547. The Kier molecular flexibility index (Phi) is 5.56. The number of hydrogen-bond acceptors (Lipinski definition) is 2. The Morgan fingerprint density at radius 2 is 1.70 bits per heavy atom. The van der Waals surface area contributed by atoms with Crippen LogP contribution in [0.15, 0.2) is 6.20 Å². The zero-order valence-corrected chi connectivity index (χ0v) is 16.6. The van der Waals surface area contributed by atoms with E-state index in [2.05, 4.69) is 73.5 Å². The number of rotatable bonds is 2. The van der Waals surface area contributed by atoms with Crippen LogP contribution in [0.3, 0.4) is 0 Å². The molecule has 0 fully saturated rings. The van der Waals surface area contributed by atoms with E-state index in [0.717, 1.165) is 6.54 Å². The van der Waals surface area contributed by atoms with Gasteiger partial charge in [0, 0.05) is 24.5 Å². The molecule has 130 valence electrons. The van der Waals surface area contributed by atoms with Gasteiger partial charge in [-0.15, -0.1) is 0 Å². The van der Waals surface area contributed by atoms with Crippen LogP contribution in [0, 0.1) is 18.8 Å². The van der Waals surface area contributed by atoms with Crippen molar-refractivity contribution in [3.63, 3.8) is 0 Å². The maximum absolute atomic E-state index is 4.80. The molecule has 2 heteroatoms. The van der Waals surface area contributed by atoms with E-state index in [1.807, 2.05) is 0 Å². The summed E-state index contributed by atoms with van der Waals surface area (Å²) in [6, 6.07) is 0.599. The van der Waals surface area contributed by atoms with Crippen molar-refractivity contribution in [2.45, 2.75) is 79.2 Å². The Morgan fingerprint density at radius 1 is 1.09 bits per heavy atom. The van der Waals surface area contributed by atoms with E-state index in [1.165, 1.54) is 11.3 Å². The van der Waals surface area contributed by atoms with Crippen molar-refractivity contribution in [1.82, 2.24) is 9.88 Å². The normalized spacial score (nSPS) is 29.5. The molecule has 0 saturated carbocycles. The molecule has 2 rings (SSSR count). The lowest BCUT2D eigenvalue weighted by Crippen LogP contribution is -2.42. The lowest BCUT2D eigenvalue weighted by atomic mass is 9.72. The van der Waals surface area contributed by atoms with Gasteiger partial charge < -0.3 is 4.90 Å². The van der Waals surface area contributed by atoms with Crippen LogP contribution >= 0.6 is 0 Å². The minimum Gasteiger partial charge on any atom is -0.303 e. The first kappa shape index (κ1) is 18.4. The maximum Gasteiger partial charge on any atom is 0.0410 e. The van der Waals surface area contributed by atoms with E-state index in [9.17, 15) is 0 Å². The molecule has 2 nitrogen and oxygen atoms in total. The highest BCUT2D eigenvalue weighted by molar-refractivity contribution is 5.44. The van der Waals surface area contributed by atoms with Gasteiger partial charge in [0.05, 0.1) is 0 Å². The minimum atomic E-state index is 0.530. The summed E-state index contributed by atoms with van der Waals surface area (Å²) in [5.41, 5.74) is 5.86. The van der Waals surface area contributed by atoms with Gasteiger partial charge in [0.25, 0.3) is 0 Å². The first-order valence-electron chi connectivity index (χ1n) is 9.36. The third kappa shape index (κ3) is 3.33. The van der Waals surface area contributed by atoms with Gasteiger partial charge in [0.1, 0.15) is 0 Å². The minimum absolute atomic E-state index is 0.530. The Labute approximate surface area is 143 Å². The van der Waals surface area contributed by atoms with Crippen LogP contribution in [0.1, 0.15) is 88.6 Å². The first-order valence-corrected chi connectivity index (χ1v) is 9.36. The SMILES string of the molecule is Cc1ncc(C(C)C)c2c1[C@H](C)[C@H](C)[C@H](C)N(C)CC2C(C)C. The van der Waals surface area contributed by atoms with Gasteiger partial charge in [-0.05, 0) is 67.2 Å². The zero-order chi connectivity index (χ0) is 17.5. The fourth-order valence-electron chi connectivity index (χ4n) is 4.30. The molecule has 0 radical (unpaired) electrons. The van der Waals surface area contributed by atoms with E-state index in [4.69, 9.17) is 4.98 Å². The van der Waals surface area contributed by atoms with Gasteiger partial charge in [-0.2, -0.15) is 0 Å². The highest BCUT2D eigenvalue weighted by Gasteiger charge is 2.35. The van der Waals surface area contributed by atoms with Crippen LogP contribution in [0.4, 0.5) is 0 Å². The predicted molar refractivity (Wildman–Crippen MR) is 100 cm³/mol. The summed E-state index contributed by atoms with van der Waals surface area (Å²) in [6.45, 7) is 19.9. The summed E-state index contributed by atoms with van der Waals surface area (Å²) >= 11 is 0. The Balaban J connectivity index is 2.76. The molecule has 23 heavy (non-hydrogen) atoms. The standard InChI is InChI=1S/C21H36N2/c1-12(2)18-10-22-16(7)20-15(6)14(5)17(8)23(9)11-19(13(3)4)21(18)20/h10,12-15,17,19H,11H2,1-9H3/t14-,15+,17-,19?/m0/s1. The molecule has 1 aliphatic heterocycles. The molecule has 0 bridgehead atoms. The number of hydrogen-bond donors (Lipinski definition) is 0. The van der Waals surface area contributed by atoms with E-state index in [-0.39, 0.29) is 0 Å². The zero-order valence-electron chi connectivity index (χ0n) is 16.6. The molecule has 0 amide bonds. The predicted octanol–water partition coefficient (Wildman–Crippen LogP) is 5.33. The van der Waals surface area contributed by atoms with Gasteiger partial charge in [-0.25, -0.2) is 0 Å². The van der Waals surface area contributed by atoms with Gasteiger partial charge >= 0.3 is 0 Å². The summed E-state index contributed by atoms with van der Waals surface area (Å²) in [5, 5.41) is 0. The van der Waals surface area contributed by atoms with Gasteiger partial charge in [0.15, 0.2) is 0 Å². The maximum atomic E-state index is 4.80. The number of fused-ring (bicyclic) bond motifs is 1. The summed E-state index contributed by atoms with van der Waals surface area (Å²) in [6.07, 6.45) is 2.15. The Hall–Kier alpha value is -0.890. The molecular formula is C21H36N2. The largest absolute Gasteiger partial charge is 0.303 e. The molecule has 0 N–H and O–H groups in total. The third-order valence-electron chi connectivity index (χ3n) is 6.37. The quantitative estimate of drug-likeness (QED) is 0.733. The third-order valence-corrected chi connectivity index (χ3v) is 6.37. The van der Waals surface area contributed by atoms with Crippen molar-refractivity contribution in [2.24, 2.45) is 11.8 Å². The summed E-state index contributed by atoms with van der Waals surface area (Å²) in [4.78, 5) is 7.37. The number of pyridine rings is 1. The average molecular weight is 317 g/mol. The molecule has 0 saturated heterocycles. The van der Waals surface area contributed by atoms with Crippen LogP contribution in [0.25, 0.3) is 0 Å². The van der Waals surface area contributed by atoms with Crippen molar-refractivity contribution in [2.75, 3.05) is 13.6 Å². The van der Waals surface area contributed by atoms with Crippen LogP contribution in [0.2, 0.25) is 0 Å². The second-order valence-electron chi connectivity index (χ2n) is 8.46. The summed E-state index contributed by atoms with van der Waals surface area (Å²) < 4.78 is 0. The second kappa shape index (κ2) is 6.93. The van der Waals surface area contributed by atoms with Crippen molar-refractivity contribution >= 4 is 0 Å². The highest BCUT2D eigenvalue weighted by Crippen LogP contribution is 2.43.